The van der Waals surface area contributed by atoms with Crippen LogP contribution in [0.5, 0.6) is 11.5 Å². The minimum atomic E-state index is -3.88. The lowest BCUT2D eigenvalue weighted by Gasteiger charge is -2.34. The first kappa shape index (κ1) is 27.7. The SMILES string of the molecule is CCC(C(=O)NC1CCCCC1)N(Cc1ccc(F)cc1)C(=O)CN(c1ccc2c(c1)OCO2)S(C)(=O)=O. The van der Waals surface area contributed by atoms with Gasteiger partial charge in [0.15, 0.2) is 11.5 Å². The number of ether oxygens (including phenoxy) is 2. The first-order chi connectivity index (χ1) is 18.2. The van der Waals surface area contributed by atoms with Gasteiger partial charge in [-0.2, -0.15) is 0 Å². The molecule has 4 rings (SSSR count). The van der Waals surface area contributed by atoms with Gasteiger partial charge in [-0.05, 0) is 49.1 Å². The molecule has 1 saturated carbocycles. The number of fused-ring (bicyclic) bond motifs is 1. The summed E-state index contributed by atoms with van der Waals surface area (Å²) in [4.78, 5) is 28.6. The number of hydrogen-bond donors (Lipinski definition) is 1. The number of nitrogens with zero attached hydrogens (tertiary/aromatic N) is 2. The van der Waals surface area contributed by atoms with Crippen LogP contribution in [0.2, 0.25) is 0 Å². The summed E-state index contributed by atoms with van der Waals surface area (Å²) < 4.78 is 50.8. The lowest BCUT2D eigenvalue weighted by molar-refractivity contribution is -0.140. The van der Waals surface area contributed by atoms with E-state index in [1.165, 1.54) is 23.1 Å². The van der Waals surface area contributed by atoms with Crippen LogP contribution >= 0.6 is 0 Å². The van der Waals surface area contributed by atoms with Gasteiger partial charge in [-0.15, -0.1) is 0 Å². The summed E-state index contributed by atoms with van der Waals surface area (Å²) in [6.45, 7) is 1.33. The minimum Gasteiger partial charge on any atom is -0.454 e. The highest BCUT2D eigenvalue weighted by atomic mass is 32.2. The molecule has 1 N–H and O–H groups in total. The van der Waals surface area contributed by atoms with Gasteiger partial charge < -0.3 is 19.7 Å². The second-order valence-electron chi connectivity index (χ2n) is 9.72. The smallest absolute Gasteiger partial charge is 0.244 e. The van der Waals surface area contributed by atoms with E-state index in [1.54, 1.807) is 24.3 Å². The molecule has 2 amide bonds. The molecule has 0 saturated heterocycles. The highest BCUT2D eigenvalue weighted by molar-refractivity contribution is 7.92. The number of halogens is 1. The van der Waals surface area contributed by atoms with Gasteiger partial charge in [0.05, 0.1) is 11.9 Å². The van der Waals surface area contributed by atoms with Gasteiger partial charge in [-0.25, -0.2) is 12.8 Å². The molecule has 1 heterocycles. The van der Waals surface area contributed by atoms with Crippen molar-refractivity contribution in [1.29, 1.82) is 0 Å². The first-order valence-corrected chi connectivity index (χ1v) is 14.7. The first-order valence-electron chi connectivity index (χ1n) is 12.9. The van der Waals surface area contributed by atoms with Crippen molar-refractivity contribution in [2.75, 3.05) is 23.9 Å². The number of carbonyl (C=O) groups is 2. The fraction of sp³-hybridized carbons (Fsp3) is 0.481. The van der Waals surface area contributed by atoms with E-state index in [4.69, 9.17) is 9.47 Å². The van der Waals surface area contributed by atoms with Gasteiger partial charge in [0.2, 0.25) is 28.6 Å². The zero-order chi connectivity index (χ0) is 27.3. The molecular formula is C27H34FN3O6S. The number of hydrogen-bond acceptors (Lipinski definition) is 6. The maximum atomic E-state index is 13.8. The van der Waals surface area contributed by atoms with E-state index in [1.807, 2.05) is 6.92 Å². The van der Waals surface area contributed by atoms with Crippen LogP contribution in [-0.4, -0.2) is 56.8 Å². The number of anilines is 1. The van der Waals surface area contributed by atoms with Crippen LogP contribution in [0.3, 0.4) is 0 Å². The van der Waals surface area contributed by atoms with E-state index >= 15 is 0 Å². The third kappa shape index (κ3) is 6.75. The molecule has 1 fully saturated rings. The van der Waals surface area contributed by atoms with Crippen LogP contribution in [0.25, 0.3) is 0 Å². The van der Waals surface area contributed by atoms with Crippen molar-refractivity contribution in [2.45, 2.75) is 64.1 Å². The Hall–Kier alpha value is -3.34. The fourth-order valence-electron chi connectivity index (χ4n) is 4.90. The molecule has 11 heteroatoms. The molecule has 0 bridgehead atoms. The van der Waals surface area contributed by atoms with E-state index < -0.39 is 34.3 Å². The largest absolute Gasteiger partial charge is 0.454 e. The molecule has 1 aliphatic carbocycles. The normalized spacial score (nSPS) is 16.1. The van der Waals surface area contributed by atoms with Crippen molar-refractivity contribution in [3.63, 3.8) is 0 Å². The van der Waals surface area contributed by atoms with Gasteiger partial charge >= 0.3 is 0 Å². The molecule has 2 aromatic carbocycles. The number of benzene rings is 2. The van der Waals surface area contributed by atoms with Crippen molar-refractivity contribution in [2.24, 2.45) is 0 Å². The average molecular weight is 548 g/mol. The van der Waals surface area contributed by atoms with Crippen molar-refractivity contribution in [1.82, 2.24) is 10.2 Å². The maximum Gasteiger partial charge on any atom is 0.244 e. The fourth-order valence-corrected chi connectivity index (χ4v) is 5.75. The number of rotatable bonds is 10. The topological polar surface area (TPSA) is 105 Å². The second-order valence-corrected chi connectivity index (χ2v) is 11.6. The summed E-state index contributed by atoms with van der Waals surface area (Å²) in [5, 5.41) is 3.09. The molecule has 2 aliphatic rings. The number of nitrogens with one attached hydrogen (secondary N) is 1. The van der Waals surface area contributed by atoms with Crippen LogP contribution < -0.4 is 19.1 Å². The maximum absolute atomic E-state index is 13.8. The third-order valence-electron chi connectivity index (χ3n) is 6.93. The van der Waals surface area contributed by atoms with Gasteiger partial charge in [0, 0.05) is 18.7 Å². The lowest BCUT2D eigenvalue weighted by atomic mass is 9.95. The highest BCUT2D eigenvalue weighted by Gasteiger charge is 2.33. The van der Waals surface area contributed by atoms with Crippen molar-refractivity contribution < 1.29 is 31.9 Å². The Morgan fingerprint density at radius 1 is 1.05 bits per heavy atom. The predicted molar refractivity (Wildman–Crippen MR) is 141 cm³/mol. The number of sulfonamides is 1. The van der Waals surface area contributed by atoms with E-state index in [9.17, 15) is 22.4 Å². The van der Waals surface area contributed by atoms with Crippen LogP contribution in [0.15, 0.2) is 42.5 Å². The molecule has 1 unspecified atom stereocenters. The van der Waals surface area contributed by atoms with Gasteiger partial charge in [0.25, 0.3) is 0 Å². The monoisotopic (exact) mass is 547 g/mol. The van der Waals surface area contributed by atoms with Gasteiger partial charge in [-0.1, -0.05) is 38.3 Å². The molecule has 0 spiro atoms. The molecule has 206 valence electrons. The predicted octanol–water partition coefficient (Wildman–Crippen LogP) is 3.58. The highest BCUT2D eigenvalue weighted by Crippen LogP contribution is 2.36. The summed E-state index contributed by atoms with van der Waals surface area (Å²) in [5.74, 6) is -0.381. The Labute approximate surface area is 222 Å². The summed E-state index contributed by atoms with van der Waals surface area (Å²) in [6.07, 6.45) is 6.34. The summed E-state index contributed by atoms with van der Waals surface area (Å²) in [6, 6.07) is 9.53. The van der Waals surface area contributed by atoms with E-state index in [-0.39, 0.29) is 31.0 Å². The quantitative estimate of drug-likeness (QED) is 0.488. The zero-order valence-corrected chi connectivity index (χ0v) is 22.5. The Morgan fingerprint density at radius 2 is 1.74 bits per heavy atom. The lowest BCUT2D eigenvalue weighted by Crippen LogP contribution is -2.53. The van der Waals surface area contributed by atoms with E-state index in [0.717, 1.165) is 42.7 Å². The third-order valence-corrected chi connectivity index (χ3v) is 8.07. The standard InChI is InChI=1S/C27H34FN3O6S/c1-3-23(27(33)29-21-7-5-4-6-8-21)30(16-19-9-11-20(28)12-10-19)26(32)17-31(38(2,34)35)22-13-14-24-25(15-22)37-18-36-24/h9-15,21,23H,3-8,16-18H2,1-2H3,(H,29,33). The Balaban J connectivity index is 1.61. The van der Waals surface area contributed by atoms with Crippen LogP contribution in [0, 0.1) is 5.82 Å². The molecular weight excluding hydrogens is 513 g/mol. The molecule has 0 aromatic heterocycles. The molecule has 2 aromatic rings. The Kier molecular flexibility index (Phi) is 8.76. The summed E-state index contributed by atoms with van der Waals surface area (Å²) >= 11 is 0. The molecule has 1 atom stereocenters. The van der Waals surface area contributed by atoms with E-state index in [2.05, 4.69) is 5.32 Å². The van der Waals surface area contributed by atoms with Crippen molar-refractivity contribution in [3.8, 4) is 11.5 Å². The molecule has 0 radical (unpaired) electrons. The van der Waals surface area contributed by atoms with Crippen LogP contribution in [-0.2, 0) is 26.2 Å². The number of carbonyl (C=O) groups excluding carboxylic acids is 2. The van der Waals surface area contributed by atoms with E-state index in [0.29, 0.717) is 23.5 Å². The number of amides is 2. The summed E-state index contributed by atoms with van der Waals surface area (Å²) in [7, 11) is -3.88. The van der Waals surface area contributed by atoms with Crippen LogP contribution in [0.4, 0.5) is 10.1 Å². The average Bonchev–Trinajstić information content (AvgIpc) is 3.36. The Bertz CT molecular complexity index is 1250. The van der Waals surface area contributed by atoms with Gasteiger partial charge in [-0.3, -0.25) is 13.9 Å². The van der Waals surface area contributed by atoms with Crippen molar-refractivity contribution >= 4 is 27.5 Å². The zero-order valence-electron chi connectivity index (χ0n) is 21.7. The summed E-state index contributed by atoms with van der Waals surface area (Å²) in [5.41, 5.74) is 0.865. The minimum absolute atomic E-state index is 0.0223. The molecule has 9 nitrogen and oxygen atoms in total. The second kappa shape index (κ2) is 12.0. The molecule has 38 heavy (non-hydrogen) atoms. The van der Waals surface area contributed by atoms with Gasteiger partial charge in [0.1, 0.15) is 18.4 Å². The molecule has 1 aliphatic heterocycles. The van der Waals surface area contributed by atoms with Crippen molar-refractivity contribution in [3.05, 3.63) is 53.8 Å². The Morgan fingerprint density at radius 3 is 2.39 bits per heavy atom. The van der Waals surface area contributed by atoms with Crippen LogP contribution in [0.1, 0.15) is 51.0 Å².